The van der Waals surface area contributed by atoms with Crippen LogP contribution in [0.1, 0.15) is 59.2 Å². The Morgan fingerprint density at radius 3 is 2.72 bits per heavy atom. The van der Waals surface area contributed by atoms with Gasteiger partial charge in [0.05, 0.1) is 30.8 Å². The predicted octanol–water partition coefficient (Wildman–Crippen LogP) is 1.87. The quantitative estimate of drug-likeness (QED) is 0.374. The van der Waals surface area contributed by atoms with E-state index in [-0.39, 0.29) is 36.7 Å². The van der Waals surface area contributed by atoms with Gasteiger partial charge in [-0.2, -0.15) is 5.26 Å². The number of hydrogen-bond acceptors (Lipinski definition) is 7. The molecule has 0 aromatic heterocycles. The highest BCUT2D eigenvalue weighted by molar-refractivity contribution is 6.05. The molecule has 2 saturated heterocycles. The number of carbonyl (C=O) groups excluding carboxylic acids is 4. The summed E-state index contributed by atoms with van der Waals surface area (Å²) in [5.74, 6) is -0.346. The molecule has 2 unspecified atom stereocenters. The fourth-order valence-electron chi connectivity index (χ4n) is 5.54. The average molecular weight is 530 g/mol. The lowest BCUT2D eigenvalue weighted by atomic mass is 10.0. The van der Waals surface area contributed by atoms with Gasteiger partial charge in [0.1, 0.15) is 11.8 Å². The molecule has 0 saturated carbocycles. The van der Waals surface area contributed by atoms with Gasteiger partial charge in [-0.15, -0.1) is 0 Å². The molecule has 0 aliphatic carbocycles. The van der Waals surface area contributed by atoms with E-state index in [9.17, 15) is 19.2 Å². The minimum atomic E-state index is -0.661. The summed E-state index contributed by atoms with van der Waals surface area (Å²) in [6.07, 6.45) is 3.02. The van der Waals surface area contributed by atoms with Crippen LogP contribution in [0, 0.1) is 11.3 Å². The molecule has 0 bridgehead atoms. The fraction of sp³-hybridized carbons (Fsp3) is 0.414. The van der Waals surface area contributed by atoms with E-state index in [1.165, 1.54) is 4.90 Å². The van der Waals surface area contributed by atoms with Gasteiger partial charge in [-0.05, 0) is 62.1 Å². The summed E-state index contributed by atoms with van der Waals surface area (Å²) in [5.41, 5.74) is 2.82. The van der Waals surface area contributed by atoms with Gasteiger partial charge >= 0.3 is 0 Å². The number of nitriles is 1. The minimum absolute atomic E-state index is 0.00529. The predicted molar refractivity (Wildman–Crippen MR) is 140 cm³/mol. The number of likely N-dealkylation sites (tertiary alicyclic amines) is 1. The third-order valence-electron chi connectivity index (χ3n) is 7.60. The molecule has 0 radical (unpaired) electrons. The molecule has 2 aromatic carbocycles. The first kappa shape index (κ1) is 26.4. The first-order chi connectivity index (χ1) is 18.9. The lowest BCUT2D eigenvalue weighted by Crippen LogP contribution is -2.52. The van der Waals surface area contributed by atoms with Gasteiger partial charge in [-0.25, -0.2) is 0 Å². The lowest BCUT2D eigenvalue weighted by Gasteiger charge is -2.29. The summed E-state index contributed by atoms with van der Waals surface area (Å²) in [6, 6.07) is 13.8. The average Bonchev–Trinajstić information content (AvgIpc) is 3.55. The SMILES string of the molecule is N#Cc1ccc(CNC(=O)C2CCCN2CCCOc2cccc3c2CN(C2CCC(=O)NC2=O)C3=O)cc1. The van der Waals surface area contributed by atoms with Crippen LogP contribution < -0.4 is 15.4 Å². The number of amides is 4. The van der Waals surface area contributed by atoms with Gasteiger partial charge in [-0.3, -0.25) is 29.4 Å². The molecular weight excluding hydrogens is 498 g/mol. The second-order valence-corrected chi connectivity index (χ2v) is 10.1. The highest BCUT2D eigenvalue weighted by atomic mass is 16.5. The maximum atomic E-state index is 13.0. The summed E-state index contributed by atoms with van der Waals surface area (Å²) >= 11 is 0. The summed E-state index contributed by atoms with van der Waals surface area (Å²) in [4.78, 5) is 53.4. The normalized spacial score (nSPS) is 20.9. The first-order valence-corrected chi connectivity index (χ1v) is 13.3. The van der Waals surface area contributed by atoms with Gasteiger partial charge in [0.2, 0.25) is 17.7 Å². The van der Waals surface area contributed by atoms with E-state index >= 15 is 0 Å². The van der Waals surface area contributed by atoms with Crippen molar-refractivity contribution < 1.29 is 23.9 Å². The number of fused-ring (bicyclic) bond motifs is 1. The van der Waals surface area contributed by atoms with Crippen LogP contribution in [0.15, 0.2) is 42.5 Å². The van der Waals surface area contributed by atoms with Gasteiger partial charge in [0.15, 0.2) is 0 Å². The van der Waals surface area contributed by atoms with Crippen molar-refractivity contribution in [2.24, 2.45) is 0 Å². The Morgan fingerprint density at radius 1 is 1.13 bits per heavy atom. The molecule has 10 heteroatoms. The Kier molecular flexibility index (Phi) is 7.89. The van der Waals surface area contributed by atoms with Gasteiger partial charge in [-0.1, -0.05) is 18.2 Å². The van der Waals surface area contributed by atoms with Crippen LogP contribution in [0.4, 0.5) is 0 Å². The number of benzene rings is 2. The van der Waals surface area contributed by atoms with Crippen LogP contribution in [0.3, 0.4) is 0 Å². The van der Waals surface area contributed by atoms with Crippen molar-refractivity contribution in [3.63, 3.8) is 0 Å². The van der Waals surface area contributed by atoms with E-state index in [1.54, 1.807) is 24.3 Å². The number of imide groups is 1. The molecule has 0 spiro atoms. The summed E-state index contributed by atoms with van der Waals surface area (Å²) < 4.78 is 6.07. The highest BCUT2D eigenvalue weighted by Crippen LogP contribution is 2.33. The van der Waals surface area contributed by atoms with Crippen molar-refractivity contribution in [3.8, 4) is 11.8 Å². The number of nitrogens with zero attached hydrogens (tertiary/aromatic N) is 3. The Balaban J connectivity index is 1.11. The van der Waals surface area contributed by atoms with E-state index in [1.807, 2.05) is 18.2 Å². The number of hydrogen-bond donors (Lipinski definition) is 2. The zero-order valence-electron chi connectivity index (χ0n) is 21.7. The van der Waals surface area contributed by atoms with E-state index in [0.717, 1.165) is 30.5 Å². The topological polar surface area (TPSA) is 132 Å². The number of rotatable bonds is 9. The van der Waals surface area contributed by atoms with Crippen molar-refractivity contribution in [1.29, 1.82) is 5.26 Å². The molecule has 39 heavy (non-hydrogen) atoms. The van der Waals surface area contributed by atoms with Crippen LogP contribution in [0.5, 0.6) is 5.75 Å². The molecule has 10 nitrogen and oxygen atoms in total. The van der Waals surface area contributed by atoms with E-state index < -0.39 is 11.9 Å². The molecule has 2 N–H and O–H groups in total. The van der Waals surface area contributed by atoms with Crippen molar-refractivity contribution in [3.05, 3.63) is 64.7 Å². The monoisotopic (exact) mass is 529 g/mol. The number of piperidine rings is 1. The third kappa shape index (κ3) is 5.78. The molecule has 202 valence electrons. The van der Waals surface area contributed by atoms with Crippen molar-refractivity contribution in [2.75, 3.05) is 19.7 Å². The molecule has 3 aliphatic heterocycles. The zero-order chi connectivity index (χ0) is 27.4. The summed E-state index contributed by atoms with van der Waals surface area (Å²) in [5, 5.41) is 14.3. The number of ether oxygens (including phenoxy) is 1. The fourth-order valence-corrected chi connectivity index (χ4v) is 5.54. The van der Waals surface area contributed by atoms with Crippen LogP contribution in [-0.2, 0) is 27.5 Å². The molecule has 3 aliphatic rings. The summed E-state index contributed by atoms with van der Waals surface area (Å²) in [6.45, 7) is 2.69. The van der Waals surface area contributed by atoms with Crippen LogP contribution in [0.25, 0.3) is 0 Å². The minimum Gasteiger partial charge on any atom is -0.493 e. The molecule has 3 heterocycles. The largest absolute Gasteiger partial charge is 0.493 e. The van der Waals surface area contributed by atoms with Gasteiger partial charge in [0.25, 0.3) is 5.91 Å². The Hall–Kier alpha value is -4.23. The maximum Gasteiger partial charge on any atom is 0.255 e. The summed E-state index contributed by atoms with van der Waals surface area (Å²) in [7, 11) is 0. The van der Waals surface area contributed by atoms with E-state index in [2.05, 4.69) is 21.6 Å². The van der Waals surface area contributed by atoms with E-state index in [4.69, 9.17) is 10.00 Å². The van der Waals surface area contributed by atoms with Gasteiger partial charge < -0.3 is 15.0 Å². The zero-order valence-corrected chi connectivity index (χ0v) is 21.7. The molecule has 2 fully saturated rings. The van der Waals surface area contributed by atoms with Crippen LogP contribution in [-0.4, -0.2) is 65.2 Å². The smallest absolute Gasteiger partial charge is 0.255 e. The van der Waals surface area contributed by atoms with Crippen LogP contribution in [0.2, 0.25) is 0 Å². The molecule has 2 aromatic rings. The van der Waals surface area contributed by atoms with Crippen LogP contribution >= 0.6 is 0 Å². The molecule has 5 rings (SSSR count). The Labute approximate surface area is 226 Å². The number of carbonyl (C=O) groups is 4. The first-order valence-electron chi connectivity index (χ1n) is 13.3. The molecule has 2 atom stereocenters. The van der Waals surface area contributed by atoms with Crippen molar-refractivity contribution >= 4 is 23.6 Å². The van der Waals surface area contributed by atoms with Crippen molar-refractivity contribution in [1.82, 2.24) is 20.4 Å². The Morgan fingerprint density at radius 2 is 1.95 bits per heavy atom. The Bertz CT molecular complexity index is 1320. The standard InChI is InChI=1S/C29H31N5O5/c30-16-19-7-9-20(10-8-19)17-31-27(36)23-5-2-13-33(23)14-3-15-39-25-6-1-4-21-22(25)18-34(29(21)38)24-11-12-26(35)32-28(24)37/h1,4,6-10,23-24H,2-3,5,11-15,17-18H2,(H,31,36)(H,32,35,37). The molecular formula is C29H31N5O5. The number of nitrogens with one attached hydrogen (secondary N) is 2. The van der Waals surface area contributed by atoms with E-state index in [0.29, 0.717) is 49.4 Å². The van der Waals surface area contributed by atoms with Crippen molar-refractivity contribution in [2.45, 2.75) is 57.3 Å². The lowest BCUT2D eigenvalue weighted by molar-refractivity contribution is -0.137. The maximum absolute atomic E-state index is 13.0. The second-order valence-electron chi connectivity index (χ2n) is 10.1. The third-order valence-corrected chi connectivity index (χ3v) is 7.60. The molecule has 4 amide bonds. The second kappa shape index (κ2) is 11.7. The van der Waals surface area contributed by atoms with Gasteiger partial charge in [0, 0.05) is 30.6 Å². The highest BCUT2D eigenvalue weighted by Gasteiger charge is 2.40.